The van der Waals surface area contributed by atoms with E-state index in [1.54, 1.807) is 25.3 Å². The first-order valence-electron chi connectivity index (χ1n) is 7.09. The van der Waals surface area contributed by atoms with Gasteiger partial charge in [-0.25, -0.2) is 4.79 Å². The Morgan fingerprint density at radius 1 is 1.43 bits per heavy atom. The molecule has 4 nitrogen and oxygen atoms in total. The molecule has 3 rings (SSSR count). The van der Waals surface area contributed by atoms with Crippen LogP contribution in [-0.2, 0) is 16.0 Å². The molecule has 0 unspecified atom stereocenters. The normalized spacial score (nSPS) is 14.0. The number of carbonyl (C=O) groups is 2. The smallest absolute Gasteiger partial charge is 0.342 e. The second-order valence-electron chi connectivity index (χ2n) is 5.09. The largest absolute Gasteiger partial charge is 0.462 e. The van der Waals surface area contributed by atoms with Gasteiger partial charge in [-0.15, -0.1) is 0 Å². The summed E-state index contributed by atoms with van der Waals surface area (Å²) in [5.41, 5.74) is 2.70. The molecule has 0 aliphatic heterocycles. The van der Waals surface area contributed by atoms with E-state index in [0.29, 0.717) is 27.1 Å². The van der Waals surface area contributed by atoms with Crippen molar-refractivity contribution in [2.24, 2.45) is 0 Å². The van der Waals surface area contributed by atoms with Gasteiger partial charge in [0.25, 0.3) is 0 Å². The molecule has 0 saturated carbocycles. The lowest BCUT2D eigenvalue weighted by Crippen LogP contribution is -2.24. The lowest BCUT2D eigenvalue weighted by molar-refractivity contribution is -0.138. The average Bonchev–Trinajstić information content (AvgIpc) is 3.03. The fraction of sp³-hybridized carbons (Fsp3) is 0.176. The van der Waals surface area contributed by atoms with Crippen molar-refractivity contribution in [1.29, 1.82) is 0 Å². The Balaban J connectivity index is 2.19. The van der Waals surface area contributed by atoms with Crippen LogP contribution >= 0.6 is 27.5 Å². The van der Waals surface area contributed by atoms with E-state index >= 15 is 0 Å². The number of carbonyl (C=O) groups excluding carboxylic acids is 2. The molecule has 1 heterocycles. The quantitative estimate of drug-likeness (QED) is 0.627. The number of ketones is 1. The number of H-pyrrole nitrogens is 1. The van der Waals surface area contributed by atoms with E-state index < -0.39 is 5.97 Å². The molecule has 6 heteroatoms. The molecular formula is C17H13BrClNO3. The van der Waals surface area contributed by atoms with Gasteiger partial charge in [0.1, 0.15) is 5.57 Å². The molecule has 0 saturated heterocycles. The van der Waals surface area contributed by atoms with Crippen molar-refractivity contribution in [3.05, 3.63) is 62.4 Å². The second kappa shape index (κ2) is 6.34. The standard InChI is InChI=1S/C17H13BrClNO3/c1-2-23-17(22)15-11(14-4-3-5-20-14)6-9-7-13(19)12(18)8-10(9)16(15)21/h3-5,7-8,20H,2,6H2,1H3. The van der Waals surface area contributed by atoms with Gasteiger partial charge in [-0.1, -0.05) is 11.6 Å². The maximum absolute atomic E-state index is 12.9. The van der Waals surface area contributed by atoms with E-state index in [0.717, 1.165) is 11.3 Å². The highest BCUT2D eigenvalue weighted by Gasteiger charge is 2.33. The molecule has 118 valence electrons. The van der Waals surface area contributed by atoms with Gasteiger partial charge in [-0.2, -0.15) is 0 Å². The van der Waals surface area contributed by atoms with Gasteiger partial charge in [0.2, 0.25) is 5.78 Å². The van der Waals surface area contributed by atoms with Gasteiger partial charge in [-0.05, 0) is 58.3 Å². The lowest BCUT2D eigenvalue weighted by Gasteiger charge is -2.21. The predicted octanol–water partition coefficient (Wildman–Crippen LogP) is 4.19. The first-order valence-corrected chi connectivity index (χ1v) is 8.26. The van der Waals surface area contributed by atoms with Crippen molar-refractivity contribution in [3.63, 3.8) is 0 Å². The number of aromatic nitrogens is 1. The summed E-state index contributed by atoms with van der Waals surface area (Å²) in [6.07, 6.45) is 2.18. The molecule has 0 spiro atoms. The van der Waals surface area contributed by atoms with Crippen LogP contribution < -0.4 is 0 Å². The van der Waals surface area contributed by atoms with Crippen molar-refractivity contribution in [1.82, 2.24) is 4.98 Å². The molecule has 0 amide bonds. The SMILES string of the molecule is CCOC(=O)C1=C(c2ccc[nH]2)Cc2cc(Cl)c(Br)cc2C1=O. The van der Waals surface area contributed by atoms with Crippen molar-refractivity contribution in [2.45, 2.75) is 13.3 Å². The number of hydrogen-bond acceptors (Lipinski definition) is 3. The number of esters is 1. The summed E-state index contributed by atoms with van der Waals surface area (Å²) in [4.78, 5) is 28.2. The summed E-state index contributed by atoms with van der Waals surface area (Å²) >= 11 is 9.46. The lowest BCUT2D eigenvalue weighted by atomic mass is 9.83. The Morgan fingerprint density at radius 3 is 2.87 bits per heavy atom. The van der Waals surface area contributed by atoms with E-state index in [1.807, 2.05) is 12.1 Å². The van der Waals surface area contributed by atoms with Gasteiger partial charge < -0.3 is 9.72 Å². The fourth-order valence-corrected chi connectivity index (χ4v) is 3.19. The zero-order chi connectivity index (χ0) is 16.6. The summed E-state index contributed by atoms with van der Waals surface area (Å²) in [6, 6.07) is 7.06. The number of Topliss-reactive ketones (excluding diaryl/α,β-unsaturated/α-hetero) is 1. The Labute approximate surface area is 146 Å². The Kier molecular flexibility index (Phi) is 4.41. The van der Waals surface area contributed by atoms with Gasteiger partial charge in [-0.3, -0.25) is 4.79 Å². The second-order valence-corrected chi connectivity index (χ2v) is 6.35. The molecule has 2 aromatic rings. The highest BCUT2D eigenvalue weighted by Crippen LogP contribution is 2.36. The fourth-order valence-electron chi connectivity index (χ4n) is 2.66. The maximum Gasteiger partial charge on any atom is 0.342 e. The molecule has 0 radical (unpaired) electrons. The van der Waals surface area contributed by atoms with E-state index in [-0.39, 0.29) is 18.0 Å². The number of benzene rings is 1. The first kappa shape index (κ1) is 16.0. The third-order valence-electron chi connectivity index (χ3n) is 3.69. The molecule has 1 aliphatic rings. The number of halogens is 2. The predicted molar refractivity (Wildman–Crippen MR) is 91.5 cm³/mol. The van der Waals surface area contributed by atoms with Crippen LogP contribution in [0.2, 0.25) is 5.02 Å². The third kappa shape index (κ3) is 2.86. The monoisotopic (exact) mass is 393 g/mol. The molecule has 1 N–H and O–H groups in total. The zero-order valence-electron chi connectivity index (χ0n) is 12.3. The molecule has 1 aromatic carbocycles. The number of rotatable bonds is 3. The van der Waals surface area contributed by atoms with Crippen LogP contribution in [0.4, 0.5) is 0 Å². The van der Waals surface area contributed by atoms with Crippen LogP contribution in [0.1, 0.15) is 28.5 Å². The van der Waals surface area contributed by atoms with Crippen molar-refractivity contribution in [2.75, 3.05) is 6.61 Å². The van der Waals surface area contributed by atoms with Gasteiger partial charge >= 0.3 is 5.97 Å². The maximum atomic E-state index is 12.9. The number of ether oxygens (including phenoxy) is 1. The summed E-state index contributed by atoms with van der Waals surface area (Å²) in [6.45, 7) is 1.93. The number of aromatic amines is 1. The minimum Gasteiger partial charge on any atom is -0.462 e. The van der Waals surface area contributed by atoms with Gasteiger partial charge in [0.05, 0.1) is 11.6 Å². The minimum atomic E-state index is -0.598. The highest BCUT2D eigenvalue weighted by atomic mass is 79.9. The molecular weight excluding hydrogens is 382 g/mol. The van der Waals surface area contributed by atoms with E-state index in [9.17, 15) is 9.59 Å². The molecule has 1 aliphatic carbocycles. The number of hydrogen-bond donors (Lipinski definition) is 1. The number of nitrogens with one attached hydrogen (secondary N) is 1. The van der Waals surface area contributed by atoms with Crippen LogP contribution in [0.5, 0.6) is 0 Å². The van der Waals surface area contributed by atoms with Crippen molar-refractivity contribution in [3.8, 4) is 0 Å². The molecule has 0 fully saturated rings. The number of allylic oxidation sites excluding steroid dienone is 1. The minimum absolute atomic E-state index is 0.0797. The zero-order valence-corrected chi connectivity index (χ0v) is 14.6. The van der Waals surface area contributed by atoms with Crippen LogP contribution in [0.3, 0.4) is 0 Å². The van der Waals surface area contributed by atoms with Crippen molar-refractivity contribution < 1.29 is 14.3 Å². The Hall–Kier alpha value is -1.85. The van der Waals surface area contributed by atoms with Crippen LogP contribution in [0.25, 0.3) is 5.57 Å². The van der Waals surface area contributed by atoms with E-state index in [2.05, 4.69) is 20.9 Å². The van der Waals surface area contributed by atoms with Crippen molar-refractivity contribution >= 4 is 44.9 Å². The Morgan fingerprint density at radius 2 is 2.22 bits per heavy atom. The molecule has 0 atom stereocenters. The highest BCUT2D eigenvalue weighted by molar-refractivity contribution is 9.10. The third-order valence-corrected chi connectivity index (χ3v) is 4.89. The average molecular weight is 395 g/mol. The van der Waals surface area contributed by atoms with Crippen LogP contribution in [-0.4, -0.2) is 23.3 Å². The Bertz CT molecular complexity index is 825. The summed E-state index contributed by atoms with van der Waals surface area (Å²) in [5, 5.41) is 0.530. The summed E-state index contributed by atoms with van der Waals surface area (Å²) < 4.78 is 5.70. The van der Waals surface area contributed by atoms with Gasteiger partial charge in [0.15, 0.2) is 0 Å². The summed E-state index contributed by atoms with van der Waals surface area (Å²) in [5.74, 6) is -0.939. The van der Waals surface area contributed by atoms with E-state index in [4.69, 9.17) is 16.3 Å². The molecule has 0 bridgehead atoms. The molecule has 1 aromatic heterocycles. The number of fused-ring (bicyclic) bond motifs is 1. The summed E-state index contributed by atoms with van der Waals surface area (Å²) in [7, 11) is 0. The molecule has 23 heavy (non-hydrogen) atoms. The van der Waals surface area contributed by atoms with Crippen LogP contribution in [0, 0.1) is 0 Å². The van der Waals surface area contributed by atoms with Gasteiger partial charge in [0, 0.05) is 28.3 Å². The van der Waals surface area contributed by atoms with Crippen LogP contribution in [0.15, 0.2) is 40.5 Å². The van der Waals surface area contributed by atoms with E-state index in [1.165, 1.54) is 0 Å². The topological polar surface area (TPSA) is 59.2 Å². The first-order chi connectivity index (χ1) is 11.0.